The molecular weight excluding hydrogens is 304 g/mol. The molecule has 0 saturated heterocycles. The molecule has 0 aromatic carbocycles. The zero-order valence-electron chi connectivity index (χ0n) is 8.57. The minimum atomic E-state index is -10.7. The van der Waals surface area contributed by atoms with Crippen molar-refractivity contribution in [3.8, 4) is 0 Å². The molecule has 0 fully saturated rings. The van der Waals surface area contributed by atoms with Crippen molar-refractivity contribution in [2.24, 2.45) is 0 Å². The number of hydrogen-bond donors (Lipinski definition) is 0. The number of nitrogens with zero attached hydrogens (tertiary/aromatic N) is 2. The molecule has 0 aliphatic carbocycles. The van der Waals surface area contributed by atoms with E-state index < -0.39 is 7.81 Å². The second kappa shape index (κ2) is 4.74. The fourth-order valence-corrected chi connectivity index (χ4v) is 0.625. The maximum absolute atomic E-state index is 10.7. The number of alkyl halides is 1. The van der Waals surface area contributed by atoms with Crippen molar-refractivity contribution in [3.63, 3.8) is 0 Å². The van der Waals surface area contributed by atoms with Gasteiger partial charge in [-0.05, 0) is 0 Å². The Labute approximate surface area is 98.7 Å². The summed E-state index contributed by atoms with van der Waals surface area (Å²) in [5.41, 5.74) is 0. The van der Waals surface area contributed by atoms with Crippen LogP contribution in [0.15, 0.2) is 0 Å². The van der Waals surface area contributed by atoms with Gasteiger partial charge in [0.25, 0.3) is 0 Å². The molecule has 16 heavy (non-hydrogen) atoms. The second-order valence-corrected chi connectivity index (χ2v) is 5.43. The normalized spacial score (nSPS) is 15.2. The standard InChI is InChI=1S/C5H11Cl2N2.F6P/c1-8(2)5(7)9(3)4-6;1-7(2,3,4,5)6/h4H2,1-3H3;/q+1;-1. The summed E-state index contributed by atoms with van der Waals surface area (Å²) in [5, 5.41) is 0.644. The summed E-state index contributed by atoms with van der Waals surface area (Å²) in [5.74, 6) is 0. The summed E-state index contributed by atoms with van der Waals surface area (Å²) < 4.78 is 61.0. The van der Waals surface area contributed by atoms with E-state index in [1.807, 2.05) is 21.1 Å². The second-order valence-electron chi connectivity index (χ2n) is 2.94. The molecule has 0 atom stereocenters. The van der Waals surface area contributed by atoms with Crippen molar-refractivity contribution in [2.75, 3.05) is 27.1 Å². The van der Waals surface area contributed by atoms with Gasteiger partial charge in [-0.15, -0.1) is 0 Å². The molecule has 11 heteroatoms. The van der Waals surface area contributed by atoms with Crippen molar-refractivity contribution in [3.05, 3.63) is 0 Å². The van der Waals surface area contributed by atoms with Gasteiger partial charge in [-0.3, -0.25) is 4.58 Å². The van der Waals surface area contributed by atoms with Crippen LogP contribution < -0.4 is 0 Å². The van der Waals surface area contributed by atoms with E-state index in [1.165, 1.54) is 0 Å². The summed E-state index contributed by atoms with van der Waals surface area (Å²) in [6.07, 6.45) is 0. The summed E-state index contributed by atoms with van der Waals surface area (Å²) in [6.45, 7) is 0. The van der Waals surface area contributed by atoms with Crippen LogP contribution in [-0.2, 0) is 0 Å². The van der Waals surface area contributed by atoms with Gasteiger partial charge in [-0.25, -0.2) is 4.90 Å². The predicted octanol–water partition coefficient (Wildman–Crippen LogP) is 4.36. The van der Waals surface area contributed by atoms with Gasteiger partial charge in [0.2, 0.25) is 0 Å². The SMILES string of the molecule is CN(CCl)C(Cl)=[N+](C)C.F[P-](F)(F)(F)(F)F. The fraction of sp³-hybridized carbons (Fsp3) is 0.800. The van der Waals surface area contributed by atoms with E-state index in [9.17, 15) is 25.2 Å². The molecule has 0 aromatic rings. The van der Waals surface area contributed by atoms with Gasteiger partial charge in [0.1, 0.15) is 0 Å². The number of halogens is 8. The van der Waals surface area contributed by atoms with E-state index in [1.54, 1.807) is 9.48 Å². The Morgan fingerprint density at radius 1 is 1.12 bits per heavy atom. The van der Waals surface area contributed by atoms with Crippen molar-refractivity contribution in [1.82, 2.24) is 4.90 Å². The molecule has 2 nitrogen and oxygen atoms in total. The van der Waals surface area contributed by atoms with Crippen LogP contribution in [0.3, 0.4) is 0 Å². The van der Waals surface area contributed by atoms with E-state index in [0.717, 1.165) is 0 Å². The van der Waals surface area contributed by atoms with E-state index in [4.69, 9.17) is 23.2 Å². The zero-order chi connectivity index (χ0) is 13.8. The molecule has 0 heterocycles. The molecule has 102 valence electrons. The van der Waals surface area contributed by atoms with Crippen LogP contribution in [0, 0.1) is 0 Å². The summed E-state index contributed by atoms with van der Waals surface area (Å²) in [4.78, 5) is 1.74. The van der Waals surface area contributed by atoms with Crippen LogP contribution in [0.2, 0.25) is 0 Å². The molecule has 0 rings (SSSR count). The van der Waals surface area contributed by atoms with Gasteiger partial charge in [-0.1, -0.05) is 11.6 Å². The van der Waals surface area contributed by atoms with Crippen LogP contribution >= 0.6 is 31.0 Å². The monoisotopic (exact) mass is 314 g/mol. The zero-order valence-corrected chi connectivity index (χ0v) is 11.0. The topological polar surface area (TPSA) is 6.25 Å². The molecule has 0 N–H and O–H groups in total. The number of rotatable bonds is 1. The third-order valence-corrected chi connectivity index (χ3v) is 1.85. The Morgan fingerprint density at radius 3 is 1.44 bits per heavy atom. The molecule has 0 spiro atoms. The number of amidine groups is 1. The first kappa shape index (κ1) is 18.4. The average Bonchev–Trinajstić information content (AvgIpc) is 1.95. The minimum absolute atomic E-state index is 0.414. The van der Waals surface area contributed by atoms with Crippen LogP contribution in [0.5, 0.6) is 0 Å². The Balaban J connectivity index is 0. The molecule has 0 aliphatic rings. The van der Waals surface area contributed by atoms with E-state index in [0.29, 0.717) is 11.3 Å². The molecular formula is C5H11Cl2F6N2P. The Hall–Kier alpha value is 0.0600. The van der Waals surface area contributed by atoms with Gasteiger partial charge in [0.15, 0.2) is 6.00 Å². The van der Waals surface area contributed by atoms with Gasteiger partial charge in [0, 0.05) is 11.6 Å². The number of hydrogen-bond acceptors (Lipinski definition) is 0. The average molecular weight is 315 g/mol. The van der Waals surface area contributed by atoms with Gasteiger partial charge in [0.05, 0.1) is 21.1 Å². The van der Waals surface area contributed by atoms with Crippen LogP contribution in [-0.4, -0.2) is 41.9 Å². The van der Waals surface area contributed by atoms with Gasteiger partial charge in [-0.2, -0.15) is 0 Å². The summed E-state index contributed by atoms with van der Waals surface area (Å²) in [7, 11) is -5.10. The third kappa shape index (κ3) is 23.7. The third-order valence-electron chi connectivity index (χ3n) is 0.863. The fourth-order valence-electron chi connectivity index (χ4n) is 0.391. The Morgan fingerprint density at radius 2 is 1.38 bits per heavy atom. The van der Waals surface area contributed by atoms with E-state index in [2.05, 4.69) is 0 Å². The quantitative estimate of drug-likeness (QED) is 0.132. The van der Waals surface area contributed by atoms with Crippen molar-refractivity contribution >= 4 is 36.3 Å². The van der Waals surface area contributed by atoms with Crippen LogP contribution in [0.25, 0.3) is 0 Å². The first-order valence-corrected chi connectivity index (χ1v) is 6.52. The molecule has 0 unspecified atom stereocenters. The molecule has 0 bridgehead atoms. The molecule has 0 radical (unpaired) electrons. The molecule has 0 saturated carbocycles. The predicted molar refractivity (Wildman–Crippen MR) is 55.0 cm³/mol. The van der Waals surface area contributed by atoms with Crippen LogP contribution in [0.4, 0.5) is 25.2 Å². The van der Waals surface area contributed by atoms with Gasteiger partial charge >= 0.3 is 38.3 Å². The van der Waals surface area contributed by atoms with Gasteiger partial charge < -0.3 is 0 Å². The molecule has 0 aliphatic heterocycles. The molecule has 0 amide bonds. The maximum atomic E-state index is 9.87. The summed E-state index contributed by atoms with van der Waals surface area (Å²) >= 11 is 11.2. The van der Waals surface area contributed by atoms with E-state index >= 15 is 0 Å². The van der Waals surface area contributed by atoms with Crippen molar-refractivity contribution < 1.29 is 29.8 Å². The molecule has 0 aromatic heterocycles. The Bertz CT molecular complexity index is 257. The van der Waals surface area contributed by atoms with Crippen molar-refractivity contribution in [2.45, 2.75) is 0 Å². The van der Waals surface area contributed by atoms with Crippen LogP contribution in [0.1, 0.15) is 0 Å². The van der Waals surface area contributed by atoms with Crippen molar-refractivity contribution in [1.29, 1.82) is 0 Å². The first-order chi connectivity index (χ1) is 6.54. The Kier molecular flexibility index (Phi) is 5.46. The van der Waals surface area contributed by atoms with E-state index in [-0.39, 0.29) is 0 Å². The summed E-state index contributed by atoms with van der Waals surface area (Å²) in [6, 6.07) is 0.414. The first-order valence-electron chi connectivity index (χ1n) is 3.58.